The minimum Gasteiger partial charge on any atom is -0.368 e. The molecule has 3 nitrogen and oxygen atoms in total. The molecular formula is C12H20BrNO2. The minimum atomic E-state index is -0.181. The molecule has 3 atom stereocenters. The Hall–Kier alpha value is -0.0900. The van der Waals surface area contributed by atoms with Crippen molar-refractivity contribution >= 4 is 21.8 Å². The molecule has 0 radical (unpaired) electrons. The third-order valence-corrected chi connectivity index (χ3v) is 4.47. The van der Waals surface area contributed by atoms with E-state index in [-0.39, 0.29) is 12.0 Å². The van der Waals surface area contributed by atoms with Crippen LogP contribution < -0.4 is 0 Å². The van der Waals surface area contributed by atoms with Gasteiger partial charge in [-0.3, -0.25) is 4.79 Å². The Morgan fingerprint density at radius 2 is 2.25 bits per heavy atom. The van der Waals surface area contributed by atoms with Crippen molar-refractivity contribution in [1.29, 1.82) is 0 Å². The lowest BCUT2D eigenvalue weighted by atomic mass is 9.99. The van der Waals surface area contributed by atoms with Crippen molar-refractivity contribution in [2.24, 2.45) is 5.92 Å². The molecule has 1 amide bonds. The van der Waals surface area contributed by atoms with E-state index in [1.54, 1.807) is 0 Å². The Kier molecular flexibility index (Phi) is 4.25. The van der Waals surface area contributed by atoms with Gasteiger partial charge in [-0.1, -0.05) is 22.9 Å². The number of likely N-dealkylation sites (tertiary alicyclic amines) is 1. The van der Waals surface area contributed by atoms with Gasteiger partial charge in [-0.2, -0.15) is 0 Å². The number of piperidine rings is 1. The zero-order valence-electron chi connectivity index (χ0n) is 9.82. The molecule has 4 heteroatoms. The van der Waals surface area contributed by atoms with Crippen LogP contribution in [0.5, 0.6) is 0 Å². The molecule has 2 rings (SSSR count). The molecule has 0 aromatic heterocycles. The molecule has 16 heavy (non-hydrogen) atoms. The Morgan fingerprint density at radius 3 is 2.88 bits per heavy atom. The molecule has 2 heterocycles. The first-order valence-corrected chi connectivity index (χ1v) is 7.34. The highest BCUT2D eigenvalue weighted by Crippen LogP contribution is 2.26. The van der Waals surface area contributed by atoms with Crippen molar-refractivity contribution < 1.29 is 9.53 Å². The maximum absolute atomic E-state index is 12.4. The molecule has 0 aliphatic carbocycles. The number of ether oxygens (including phenoxy) is 1. The van der Waals surface area contributed by atoms with Crippen LogP contribution in [-0.4, -0.2) is 41.4 Å². The number of alkyl halides is 1. The molecular weight excluding hydrogens is 270 g/mol. The average molecular weight is 290 g/mol. The Bertz CT molecular complexity index is 259. The van der Waals surface area contributed by atoms with E-state index < -0.39 is 0 Å². The fourth-order valence-corrected chi connectivity index (χ4v) is 3.30. The summed E-state index contributed by atoms with van der Waals surface area (Å²) in [6.45, 7) is 3.76. The summed E-state index contributed by atoms with van der Waals surface area (Å²) in [6, 6.07) is 0.373. The average Bonchev–Trinajstić information content (AvgIpc) is 2.74. The van der Waals surface area contributed by atoms with Gasteiger partial charge in [0.05, 0.1) is 0 Å². The summed E-state index contributed by atoms with van der Waals surface area (Å²) in [5.41, 5.74) is 0. The first-order valence-electron chi connectivity index (χ1n) is 6.22. The molecule has 0 saturated carbocycles. The van der Waals surface area contributed by atoms with Crippen LogP contribution in [0, 0.1) is 5.92 Å². The van der Waals surface area contributed by atoms with Gasteiger partial charge in [0, 0.05) is 24.5 Å². The van der Waals surface area contributed by atoms with Gasteiger partial charge in [-0.05, 0) is 31.6 Å². The maximum atomic E-state index is 12.4. The topological polar surface area (TPSA) is 29.5 Å². The molecule has 2 aliphatic rings. The van der Waals surface area contributed by atoms with Gasteiger partial charge < -0.3 is 9.64 Å². The van der Waals surface area contributed by atoms with Crippen molar-refractivity contribution in [2.75, 3.05) is 18.5 Å². The van der Waals surface area contributed by atoms with Crippen LogP contribution in [0.1, 0.15) is 32.6 Å². The molecule has 0 bridgehead atoms. The fourth-order valence-electron chi connectivity index (χ4n) is 2.63. The maximum Gasteiger partial charge on any atom is 0.252 e. The quantitative estimate of drug-likeness (QED) is 0.730. The van der Waals surface area contributed by atoms with E-state index >= 15 is 0 Å². The number of carbonyl (C=O) groups excluding carboxylic acids is 1. The molecule has 2 saturated heterocycles. The zero-order valence-corrected chi connectivity index (χ0v) is 11.4. The van der Waals surface area contributed by atoms with Gasteiger partial charge in [-0.15, -0.1) is 0 Å². The van der Waals surface area contributed by atoms with E-state index in [2.05, 4.69) is 22.9 Å². The number of amides is 1. The molecule has 3 unspecified atom stereocenters. The standard InChI is InChI=1S/C12H20BrNO2/c1-9-5-7-16-11(9)12(15)14-6-3-2-4-10(14)8-13/h9-11H,2-8H2,1H3. The highest BCUT2D eigenvalue weighted by Gasteiger charge is 2.37. The van der Waals surface area contributed by atoms with Crippen LogP contribution in [0.3, 0.4) is 0 Å². The highest BCUT2D eigenvalue weighted by atomic mass is 79.9. The Morgan fingerprint density at radius 1 is 1.44 bits per heavy atom. The number of hydrogen-bond donors (Lipinski definition) is 0. The molecule has 92 valence electrons. The predicted octanol–water partition coefficient (Wildman–Crippen LogP) is 2.19. The van der Waals surface area contributed by atoms with E-state index in [0.717, 1.165) is 37.7 Å². The monoisotopic (exact) mass is 289 g/mol. The number of carbonyl (C=O) groups is 1. The molecule has 0 N–H and O–H groups in total. The first-order chi connectivity index (χ1) is 7.74. The zero-order chi connectivity index (χ0) is 11.5. The smallest absolute Gasteiger partial charge is 0.252 e. The molecule has 0 aromatic carbocycles. The van der Waals surface area contributed by atoms with Crippen LogP contribution in [0.2, 0.25) is 0 Å². The lowest BCUT2D eigenvalue weighted by Crippen LogP contribution is -2.49. The Labute approximate surface area is 106 Å². The van der Waals surface area contributed by atoms with Gasteiger partial charge in [0.2, 0.25) is 0 Å². The van der Waals surface area contributed by atoms with Gasteiger partial charge in [0.25, 0.3) is 5.91 Å². The van der Waals surface area contributed by atoms with E-state index in [1.165, 1.54) is 6.42 Å². The summed E-state index contributed by atoms with van der Waals surface area (Å²) in [5, 5.41) is 0.889. The van der Waals surface area contributed by atoms with Gasteiger partial charge >= 0.3 is 0 Å². The summed E-state index contributed by atoms with van der Waals surface area (Å²) in [6.07, 6.45) is 4.33. The summed E-state index contributed by atoms with van der Waals surface area (Å²) in [5.74, 6) is 0.597. The highest BCUT2D eigenvalue weighted by molar-refractivity contribution is 9.09. The van der Waals surface area contributed by atoms with Crippen molar-refractivity contribution in [3.63, 3.8) is 0 Å². The van der Waals surface area contributed by atoms with E-state index in [1.807, 2.05) is 4.90 Å². The molecule has 2 fully saturated rings. The van der Waals surface area contributed by atoms with Crippen LogP contribution in [0.4, 0.5) is 0 Å². The van der Waals surface area contributed by atoms with E-state index in [4.69, 9.17) is 4.74 Å². The van der Waals surface area contributed by atoms with Crippen molar-refractivity contribution in [3.05, 3.63) is 0 Å². The second kappa shape index (κ2) is 5.50. The summed E-state index contributed by atoms with van der Waals surface area (Å²) in [7, 11) is 0. The van der Waals surface area contributed by atoms with Gasteiger partial charge in [0.15, 0.2) is 0 Å². The second-order valence-electron chi connectivity index (χ2n) is 4.89. The van der Waals surface area contributed by atoms with Gasteiger partial charge in [-0.25, -0.2) is 0 Å². The summed E-state index contributed by atoms with van der Waals surface area (Å²) < 4.78 is 5.57. The largest absolute Gasteiger partial charge is 0.368 e. The molecule has 0 aromatic rings. The van der Waals surface area contributed by atoms with Gasteiger partial charge in [0.1, 0.15) is 6.10 Å². The second-order valence-corrected chi connectivity index (χ2v) is 5.54. The minimum absolute atomic E-state index is 0.181. The number of hydrogen-bond acceptors (Lipinski definition) is 2. The third kappa shape index (κ3) is 2.43. The van der Waals surface area contributed by atoms with Crippen molar-refractivity contribution in [1.82, 2.24) is 4.90 Å². The van der Waals surface area contributed by atoms with E-state index in [9.17, 15) is 4.79 Å². The first kappa shape index (κ1) is 12.4. The molecule has 0 spiro atoms. The SMILES string of the molecule is CC1CCOC1C(=O)N1CCCCC1CBr. The number of rotatable bonds is 2. The normalized spacial score (nSPS) is 35.4. The lowest BCUT2D eigenvalue weighted by Gasteiger charge is -2.36. The summed E-state index contributed by atoms with van der Waals surface area (Å²) >= 11 is 3.51. The van der Waals surface area contributed by atoms with Crippen molar-refractivity contribution in [3.8, 4) is 0 Å². The summed E-state index contributed by atoms with van der Waals surface area (Å²) in [4.78, 5) is 14.4. The predicted molar refractivity (Wildman–Crippen MR) is 66.7 cm³/mol. The number of halogens is 1. The van der Waals surface area contributed by atoms with Crippen molar-refractivity contribution in [2.45, 2.75) is 44.8 Å². The van der Waals surface area contributed by atoms with Crippen LogP contribution in [0.15, 0.2) is 0 Å². The van der Waals surface area contributed by atoms with Crippen LogP contribution in [-0.2, 0) is 9.53 Å². The number of nitrogens with zero attached hydrogens (tertiary/aromatic N) is 1. The third-order valence-electron chi connectivity index (χ3n) is 3.72. The van der Waals surface area contributed by atoms with Crippen LogP contribution >= 0.6 is 15.9 Å². The van der Waals surface area contributed by atoms with E-state index in [0.29, 0.717) is 12.0 Å². The van der Waals surface area contributed by atoms with Crippen LogP contribution in [0.25, 0.3) is 0 Å². The fraction of sp³-hybridized carbons (Fsp3) is 0.917. The Balaban J connectivity index is 2.01. The molecule has 2 aliphatic heterocycles. The lowest BCUT2D eigenvalue weighted by molar-refractivity contribution is -0.145.